The molecule has 0 saturated carbocycles. The van der Waals surface area contributed by atoms with E-state index >= 15 is 0 Å². The molecule has 9 heteroatoms. The molecule has 0 spiro atoms. The van der Waals surface area contributed by atoms with Gasteiger partial charge in [-0.25, -0.2) is 4.68 Å². The van der Waals surface area contributed by atoms with E-state index in [9.17, 15) is 4.79 Å². The van der Waals surface area contributed by atoms with E-state index in [1.165, 1.54) is 10.7 Å². The lowest BCUT2D eigenvalue weighted by Crippen LogP contribution is -2.23. The number of hydrogen-bond acceptors (Lipinski definition) is 7. The van der Waals surface area contributed by atoms with E-state index in [1.807, 2.05) is 42.5 Å². The lowest BCUT2D eigenvalue weighted by Gasteiger charge is -2.06. The van der Waals surface area contributed by atoms with Gasteiger partial charge < -0.3 is 14.0 Å². The zero-order valence-corrected chi connectivity index (χ0v) is 17.2. The van der Waals surface area contributed by atoms with Gasteiger partial charge in [-0.2, -0.15) is 10.1 Å². The second kappa shape index (κ2) is 7.75. The first kappa shape index (κ1) is 18.6. The van der Waals surface area contributed by atoms with Gasteiger partial charge in [0.15, 0.2) is 11.5 Å². The maximum Gasteiger partial charge on any atom is 0.266 e. The van der Waals surface area contributed by atoms with Crippen molar-refractivity contribution in [2.75, 3.05) is 6.79 Å². The highest BCUT2D eigenvalue weighted by atomic mass is 79.9. The van der Waals surface area contributed by atoms with Gasteiger partial charge in [0.1, 0.15) is 0 Å². The topological polar surface area (TPSA) is 92.3 Å². The molecule has 8 nitrogen and oxygen atoms in total. The summed E-state index contributed by atoms with van der Waals surface area (Å²) in [5.74, 6) is 2.29. The van der Waals surface area contributed by atoms with E-state index < -0.39 is 0 Å². The van der Waals surface area contributed by atoms with Gasteiger partial charge in [-0.05, 0) is 36.4 Å². The molecule has 0 saturated heterocycles. The monoisotopic (exact) mass is 466 g/mol. The summed E-state index contributed by atoms with van der Waals surface area (Å²) >= 11 is 3.48. The van der Waals surface area contributed by atoms with Crippen LogP contribution in [0.2, 0.25) is 0 Å². The highest BCUT2D eigenvalue weighted by molar-refractivity contribution is 9.10. The maximum atomic E-state index is 12.3. The average Bonchev–Trinajstić information content (AvgIpc) is 3.42. The van der Waals surface area contributed by atoms with Crippen molar-refractivity contribution in [3.63, 3.8) is 0 Å². The van der Waals surface area contributed by atoms with Gasteiger partial charge in [-0.15, -0.1) is 0 Å². The molecule has 0 atom stereocenters. The third kappa shape index (κ3) is 3.59. The maximum absolute atomic E-state index is 12.3. The Bertz CT molecular complexity index is 1280. The molecule has 2 aromatic carbocycles. The molecular weight excluding hydrogens is 452 g/mol. The Morgan fingerprint density at radius 2 is 1.90 bits per heavy atom. The van der Waals surface area contributed by atoms with Crippen LogP contribution in [0.1, 0.15) is 5.89 Å². The standard InChI is InChI=1S/C21H15BrN4O4/c22-15-4-2-1-3-14(15)21-23-19(30-25-21)9-10-26-20(27)8-6-16(24-26)13-5-7-17-18(11-13)29-12-28-17/h1-8,11H,9-10,12H2. The molecule has 0 N–H and O–H groups in total. The Hall–Kier alpha value is -3.46. The van der Waals surface area contributed by atoms with Crippen LogP contribution >= 0.6 is 15.9 Å². The summed E-state index contributed by atoms with van der Waals surface area (Å²) in [4.78, 5) is 16.7. The molecule has 5 rings (SSSR count). The first-order valence-electron chi connectivity index (χ1n) is 9.23. The van der Waals surface area contributed by atoms with Crippen LogP contribution in [0.25, 0.3) is 22.6 Å². The average molecular weight is 467 g/mol. The second-order valence-corrected chi connectivity index (χ2v) is 7.44. The first-order chi connectivity index (χ1) is 14.7. The van der Waals surface area contributed by atoms with E-state index in [4.69, 9.17) is 14.0 Å². The SMILES string of the molecule is O=c1ccc(-c2ccc3c(c2)OCO3)nn1CCc1nc(-c2ccccc2Br)no1. The normalized spacial score (nSPS) is 12.3. The quantitative estimate of drug-likeness (QED) is 0.442. The van der Waals surface area contributed by atoms with E-state index in [-0.39, 0.29) is 12.4 Å². The number of benzene rings is 2. The molecule has 1 aliphatic rings. The third-order valence-corrected chi connectivity index (χ3v) is 5.35. The van der Waals surface area contributed by atoms with Gasteiger partial charge in [0.25, 0.3) is 5.56 Å². The largest absolute Gasteiger partial charge is 0.454 e. The van der Waals surface area contributed by atoms with Gasteiger partial charge in [0, 0.05) is 28.1 Å². The minimum Gasteiger partial charge on any atom is -0.454 e. The van der Waals surface area contributed by atoms with Crippen LogP contribution in [0.3, 0.4) is 0 Å². The van der Waals surface area contributed by atoms with Crippen LogP contribution in [0.5, 0.6) is 11.5 Å². The van der Waals surface area contributed by atoms with E-state index in [2.05, 4.69) is 31.2 Å². The smallest absolute Gasteiger partial charge is 0.266 e. The van der Waals surface area contributed by atoms with Crippen molar-refractivity contribution in [1.29, 1.82) is 0 Å². The van der Waals surface area contributed by atoms with Gasteiger partial charge in [0.05, 0.1) is 12.2 Å². The van der Waals surface area contributed by atoms with Crippen LogP contribution in [0.4, 0.5) is 0 Å². The van der Waals surface area contributed by atoms with Gasteiger partial charge in [-0.1, -0.05) is 33.2 Å². The Morgan fingerprint density at radius 1 is 1.03 bits per heavy atom. The lowest BCUT2D eigenvalue weighted by atomic mass is 10.1. The number of halogens is 1. The van der Waals surface area contributed by atoms with Crippen LogP contribution in [0.15, 0.2) is 68.4 Å². The predicted octanol–water partition coefficient (Wildman–Crippen LogP) is 3.69. The summed E-state index contributed by atoms with van der Waals surface area (Å²) in [6.45, 7) is 0.520. The van der Waals surface area contributed by atoms with E-state index in [0.717, 1.165) is 15.6 Å². The number of ether oxygens (including phenoxy) is 2. The lowest BCUT2D eigenvalue weighted by molar-refractivity contribution is 0.174. The molecule has 3 heterocycles. The minimum absolute atomic E-state index is 0.204. The summed E-state index contributed by atoms with van der Waals surface area (Å²) in [7, 11) is 0. The fourth-order valence-electron chi connectivity index (χ4n) is 3.13. The van der Waals surface area contributed by atoms with Crippen LogP contribution in [0, 0.1) is 0 Å². The zero-order chi connectivity index (χ0) is 20.5. The molecule has 0 fully saturated rings. The highest BCUT2D eigenvalue weighted by Gasteiger charge is 2.15. The minimum atomic E-state index is -0.204. The molecule has 0 aliphatic carbocycles. The van der Waals surface area contributed by atoms with Gasteiger partial charge in [-0.3, -0.25) is 4.79 Å². The summed E-state index contributed by atoms with van der Waals surface area (Å²) in [5.41, 5.74) is 2.13. The summed E-state index contributed by atoms with van der Waals surface area (Å²) in [5, 5.41) is 8.50. The zero-order valence-electron chi connectivity index (χ0n) is 15.6. The second-order valence-electron chi connectivity index (χ2n) is 6.59. The molecule has 30 heavy (non-hydrogen) atoms. The van der Waals surface area contributed by atoms with Crippen molar-refractivity contribution in [2.24, 2.45) is 0 Å². The Morgan fingerprint density at radius 3 is 2.80 bits per heavy atom. The van der Waals surface area contributed by atoms with Crippen molar-refractivity contribution >= 4 is 15.9 Å². The Balaban J connectivity index is 1.35. The molecule has 2 aromatic heterocycles. The third-order valence-electron chi connectivity index (χ3n) is 4.66. The molecular formula is C21H15BrN4O4. The van der Waals surface area contributed by atoms with Crippen LogP contribution < -0.4 is 15.0 Å². The Kier molecular flexibility index (Phi) is 4.80. The molecule has 0 amide bonds. The molecule has 0 bridgehead atoms. The van der Waals surface area contributed by atoms with Crippen molar-refractivity contribution in [3.8, 4) is 34.1 Å². The number of rotatable bonds is 5. The highest BCUT2D eigenvalue weighted by Crippen LogP contribution is 2.35. The Labute approximate surface area is 179 Å². The van der Waals surface area contributed by atoms with Crippen molar-refractivity contribution in [1.82, 2.24) is 19.9 Å². The van der Waals surface area contributed by atoms with Crippen LogP contribution in [-0.2, 0) is 13.0 Å². The fourth-order valence-corrected chi connectivity index (χ4v) is 3.59. The van der Waals surface area contributed by atoms with Crippen molar-refractivity contribution in [3.05, 3.63) is 75.3 Å². The fraction of sp³-hybridized carbons (Fsp3) is 0.143. The van der Waals surface area contributed by atoms with Crippen molar-refractivity contribution in [2.45, 2.75) is 13.0 Å². The summed E-state index contributed by atoms with van der Waals surface area (Å²) in [6.07, 6.45) is 0.384. The van der Waals surface area contributed by atoms with Gasteiger partial charge in [0.2, 0.25) is 18.5 Å². The molecule has 0 radical (unpaired) electrons. The predicted molar refractivity (Wildman–Crippen MR) is 111 cm³/mol. The summed E-state index contributed by atoms with van der Waals surface area (Å²) in [6, 6.07) is 16.4. The van der Waals surface area contributed by atoms with Crippen molar-refractivity contribution < 1.29 is 14.0 Å². The van der Waals surface area contributed by atoms with Gasteiger partial charge >= 0.3 is 0 Å². The number of aryl methyl sites for hydroxylation is 2. The summed E-state index contributed by atoms with van der Waals surface area (Å²) < 4.78 is 18.4. The molecule has 4 aromatic rings. The molecule has 150 valence electrons. The number of fused-ring (bicyclic) bond motifs is 1. The molecule has 1 aliphatic heterocycles. The van der Waals surface area contributed by atoms with E-state index in [1.54, 1.807) is 6.07 Å². The van der Waals surface area contributed by atoms with E-state index in [0.29, 0.717) is 41.9 Å². The van der Waals surface area contributed by atoms with Crippen LogP contribution in [-0.4, -0.2) is 26.7 Å². The first-order valence-corrected chi connectivity index (χ1v) is 10.0. The molecule has 0 unspecified atom stereocenters. The number of aromatic nitrogens is 4. The number of hydrogen-bond donors (Lipinski definition) is 0. The number of nitrogens with zero attached hydrogens (tertiary/aromatic N) is 4.